The quantitative estimate of drug-likeness (QED) is 0.338. The molecule has 0 amide bonds. The van der Waals surface area contributed by atoms with Crippen molar-refractivity contribution in [3.63, 3.8) is 0 Å². The Labute approximate surface area is 183 Å². The summed E-state index contributed by atoms with van der Waals surface area (Å²) in [7, 11) is 0. The summed E-state index contributed by atoms with van der Waals surface area (Å²) in [4.78, 5) is 4.71. The molecule has 27 heavy (non-hydrogen) atoms. The predicted octanol–water partition coefficient (Wildman–Crippen LogP) is 4.90. The molecule has 0 bridgehead atoms. The van der Waals surface area contributed by atoms with E-state index in [1.165, 1.54) is 23.1 Å². The monoisotopic (exact) mass is 499 g/mol. The number of guanidine groups is 1. The minimum absolute atomic E-state index is 0. The molecule has 4 nitrogen and oxygen atoms in total. The number of aliphatic imine (C=N–C) groups is 1. The summed E-state index contributed by atoms with van der Waals surface area (Å²) in [5, 5.41) is 11.1. The molecule has 2 aromatic rings. The maximum absolute atomic E-state index is 6.13. The maximum Gasteiger partial charge on any atom is 0.191 e. The Kier molecular flexibility index (Phi) is 9.58. The number of benzene rings is 1. The van der Waals surface area contributed by atoms with Gasteiger partial charge in [-0.25, -0.2) is 4.99 Å². The zero-order valence-corrected chi connectivity index (χ0v) is 19.3. The molecule has 1 aliphatic rings. The Morgan fingerprint density at radius 1 is 1.22 bits per heavy atom. The maximum atomic E-state index is 6.13. The van der Waals surface area contributed by atoms with E-state index in [2.05, 4.69) is 65.6 Å². The highest BCUT2D eigenvalue weighted by molar-refractivity contribution is 14.0. The van der Waals surface area contributed by atoms with Crippen molar-refractivity contribution >= 4 is 41.3 Å². The van der Waals surface area contributed by atoms with Crippen LogP contribution in [0, 0.1) is 12.8 Å². The van der Waals surface area contributed by atoms with Crippen molar-refractivity contribution in [1.82, 2.24) is 10.6 Å². The van der Waals surface area contributed by atoms with Crippen LogP contribution in [0.15, 0.2) is 46.1 Å². The first kappa shape index (κ1) is 22.2. The van der Waals surface area contributed by atoms with E-state index in [9.17, 15) is 0 Å². The van der Waals surface area contributed by atoms with Crippen molar-refractivity contribution < 1.29 is 4.74 Å². The fourth-order valence-electron chi connectivity index (χ4n) is 3.30. The third-order valence-electron chi connectivity index (χ3n) is 4.73. The van der Waals surface area contributed by atoms with Gasteiger partial charge in [-0.05, 0) is 54.6 Å². The zero-order chi connectivity index (χ0) is 18.2. The third-order valence-corrected chi connectivity index (χ3v) is 5.46. The van der Waals surface area contributed by atoms with E-state index in [1.807, 2.05) is 0 Å². The van der Waals surface area contributed by atoms with Crippen molar-refractivity contribution in [1.29, 1.82) is 0 Å². The van der Waals surface area contributed by atoms with Gasteiger partial charge in [0, 0.05) is 25.6 Å². The smallest absolute Gasteiger partial charge is 0.191 e. The van der Waals surface area contributed by atoms with E-state index in [0.717, 1.165) is 32.1 Å². The van der Waals surface area contributed by atoms with Crippen molar-refractivity contribution in [2.24, 2.45) is 10.9 Å². The second kappa shape index (κ2) is 11.7. The molecule has 1 aromatic carbocycles. The number of nitrogens with one attached hydrogen (secondary N) is 2. The molecular formula is C21H30IN3OS. The summed E-state index contributed by atoms with van der Waals surface area (Å²) in [5.74, 6) is 1.34. The van der Waals surface area contributed by atoms with E-state index in [4.69, 9.17) is 9.73 Å². The lowest BCUT2D eigenvalue weighted by molar-refractivity contribution is -0.0265. The molecule has 1 fully saturated rings. The fourth-order valence-corrected chi connectivity index (χ4v) is 3.96. The Hall–Kier alpha value is -1.12. The number of thiophene rings is 1. The van der Waals surface area contributed by atoms with Gasteiger partial charge in [0.1, 0.15) is 0 Å². The van der Waals surface area contributed by atoms with E-state index >= 15 is 0 Å². The highest BCUT2D eigenvalue weighted by atomic mass is 127. The number of ether oxygens (including phenoxy) is 1. The standard InChI is InChI=1S/C21H29N3OS.HI/c1-3-22-21(23-13-17-10-12-26-15-17)24-14-19-5-4-11-25-20(19)18-8-6-16(2)7-9-18;/h6-10,12,15,19-20H,3-5,11,13-14H2,1-2H3,(H2,22,23,24);1H. The topological polar surface area (TPSA) is 45.7 Å². The fraction of sp³-hybridized carbons (Fsp3) is 0.476. The molecule has 3 rings (SSSR count). The van der Waals surface area contributed by atoms with E-state index < -0.39 is 0 Å². The zero-order valence-electron chi connectivity index (χ0n) is 16.1. The molecule has 0 aliphatic carbocycles. The Morgan fingerprint density at radius 2 is 2.04 bits per heavy atom. The molecule has 148 valence electrons. The molecule has 2 atom stereocenters. The molecule has 2 N–H and O–H groups in total. The average molecular weight is 499 g/mol. The van der Waals surface area contributed by atoms with Crippen LogP contribution in [-0.2, 0) is 11.3 Å². The highest BCUT2D eigenvalue weighted by Gasteiger charge is 2.27. The summed E-state index contributed by atoms with van der Waals surface area (Å²) in [6.45, 7) is 7.51. The molecule has 2 unspecified atom stereocenters. The summed E-state index contributed by atoms with van der Waals surface area (Å²) in [6, 6.07) is 10.9. The van der Waals surface area contributed by atoms with Crippen molar-refractivity contribution in [2.75, 3.05) is 19.7 Å². The van der Waals surface area contributed by atoms with Crippen LogP contribution >= 0.6 is 35.3 Å². The SMILES string of the molecule is CCNC(=NCc1ccsc1)NCC1CCCOC1c1ccc(C)cc1.I. The Morgan fingerprint density at radius 3 is 2.74 bits per heavy atom. The van der Waals surface area contributed by atoms with Gasteiger partial charge < -0.3 is 15.4 Å². The van der Waals surface area contributed by atoms with Crippen LogP contribution in [0.1, 0.15) is 42.6 Å². The first-order chi connectivity index (χ1) is 12.8. The van der Waals surface area contributed by atoms with Gasteiger partial charge in [-0.15, -0.1) is 24.0 Å². The minimum atomic E-state index is 0. The number of halogens is 1. The van der Waals surface area contributed by atoms with Crippen molar-refractivity contribution in [3.05, 3.63) is 57.8 Å². The molecule has 2 heterocycles. The minimum Gasteiger partial charge on any atom is -0.373 e. The van der Waals surface area contributed by atoms with Gasteiger partial charge in [0.2, 0.25) is 0 Å². The van der Waals surface area contributed by atoms with E-state index in [-0.39, 0.29) is 30.1 Å². The van der Waals surface area contributed by atoms with Crippen LogP contribution < -0.4 is 10.6 Å². The summed E-state index contributed by atoms with van der Waals surface area (Å²) < 4.78 is 6.13. The van der Waals surface area contributed by atoms with Gasteiger partial charge in [0.15, 0.2) is 5.96 Å². The number of nitrogens with zero attached hydrogens (tertiary/aromatic N) is 1. The van der Waals surface area contributed by atoms with E-state index in [1.54, 1.807) is 11.3 Å². The van der Waals surface area contributed by atoms with Gasteiger partial charge >= 0.3 is 0 Å². The van der Waals surface area contributed by atoms with Crippen LogP contribution in [-0.4, -0.2) is 25.7 Å². The number of hydrogen-bond donors (Lipinski definition) is 2. The number of rotatable bonds is 6. The largest absolute Gasteiger partial charge is 0.373 e. The first-order valence-electron chi connectivity index (χ1n) is 9.47. The molecule has 0 radical (unpaired) electrons. The Balaban J connectivity index is 0.00000261. The van der Waals surface area contributed by atoms with Crippen molar-refractivity contribution in [2.45, 2.75) is 39.3 Å². The molecule has 0 saturated carbocycles. The van der Waals surface area contributed by atoms with E-state index in [0.29, 0.717) is 12.5 Å². The lowest BCUT2D eigenvalue weighted by Crippen LogP contribution is -2.42. The van der Waals surface area contributed by atoms with Gasteiger partial charge in [0.05, 0.1) is 12.6 Å². The number of aryl methyl sites for hydroxylation is 1. The van der Waals surface area contributed by atoms with Crippen LogP contribution in [0.4, 0.5) is 0 Å². The normalized spacial score (nSPS) is 20.0. The first-order valence-corrected chi connectivity index (χ1v) is 10.4. The Bertz CT molecular complexity index is 688. The summed E-state index contributed by atoms with van der Waals surface area (Å²) in [6.07, 6.45) is 2.46. The lowest BCUT2D eigenvalue weighted by Gasteiger charge is -2.32. The predicted molar refractivity (Wildman–Crippen MR) is 125 cm³/mol. The summed E-state index contributed by atoms with van der Waals surface area (Å²) >= 11 is 1.71. The molecule has 1 aromatic heterocycles. The van der Waals surface area contributed by atoms with Crippen LogP contribution in [0.2, 0.25) is 0 Å². The van der Waals surface area contributed by atoms with Crippen LogP contribution in [0.5, 0.6) is 0 Å². The second-order valence-corrected chi connectivity index (χ2v) is 7.59. The second-order valence-electron chi connectivity index (χ2n) is 6.81. The molecule has 6 heteroatoms. The van der Waals surface area contributed by atoms with Gasteiger partial charge in [-0.1, -0.05) is 29.8 Å². The number of hydrogen-bond acceptors (Lipinski definition) is 3. The van der Waals surface area contributed by atoms with Crippen molar-refractivity contribution in [3.8, 4) is 0 Å². The molecule has 1 saturated heterocycles. The third kappa shape index (κ3) is 6.76. The van der Waals surface area contributed by atoms with Gasteiger partial charge in [-0.2, -0.15) is 11.3 Å². The van der Waals surface area contributed by atoms with Gasteiger partial charge in [-0.3, -0.25) is 0 Å². The van der Waals surface area contributed by atoms with Crippen LogP contribution in [0.25, 0.3) is 0 Å². The summed E-state index contributed by atoms with van der Waals surface area (Å²) in [5.41, 5.74) is 3.82. The highest BCUT2D eigenvalue weighted by Crippen LogP contribution is 2.33. The van der Waals surface area contributed by atoms with Gasteiger partial charge in [0.25, 0.3) is 0 Å². The molecule has 0 spiro atoms. The average Bonchev–Trinajstić information content (AvgIpc) is 3.19. The lowest BCUT2D eigenvalue weighted by atomic mass is 9.89. The molecular weight excluding hydrogens is 469 g/mol. The van der Waals surface area contributed by atoms with Crippen LogP contribution in [0.3, 0.4) is 0 Å². The molecule has 1 aliphatic heterocycles.